The Bertz CT molecular complexity index is 309. The number of alkyl halides is 1. The highest BCUT2D eigenvalue weighted by atomic mass is 79.9. The molecule has 0 bridgehead atoms. The van der Waals surface area contributed by atoms with Crippen molar-refractivity contribution in [2.75, 3.05) is 0 Å². The van der Waals surface area contributed by atoms with E-state index in [1.807, 2.05) is 31.2 Å². The van der Waals surface area contributed by atoms with Gasteiger partial charge in [0.05, 0.1) is 0 Å². The molecule has 0 heterocycles. The number of hydrogen-bond donors (Lipinski definition) is 0. The maximum absolute atomic E-state index is 6.02. The van der Waals surface area contributed by atoms with Crippen molar-refractivity contribution in [1.82, 2.24) is 0 Å². The van der Waals surface area contributed by atoms with Gasteiger partial charge in [-0.25, -0.2) is 0 Å². The van der Waals surface area contributed by atoms with Crippen LogP contribution in [0.2, 0.25) is 10.0 Å². The van der Waals surface area contributed by atoms with Crippen LogP contribution in [0.1, 0.15) is 18.1 Å². The van der Waals surface area contributed by atoms with Crippen LogP contribution in [0.5, 0.6) is 0 Å². The minimum Gasteiger partial charge on any atom is -0.0875 e. The highest BCUT2D eigenvalue weighted by Crippen LogP contribution is 2.28. The number of rotatable bonds is 2. The molecule has 1 rings (SSSR count). The molecule has 0 aliphatic rings. The molecule has 0 aliphatic carbocycles. The lowest BCUT2D eigenvalue weighted by Crippen LogP contribution is -1.84. The van der Waals surface area contributed by atoms with Crippen molar-refractivity contribution in [3.8, 4) is 0 Å². The van der Waals surface area contributed by atoms with Gasteiger partial charge in [-0.15, -0.1) is 0 Å². The molecule has 0 saturated carbocycles. The van der Waals surface area contributed by atoms with Crippen molar-refractivity contribution in [3.05, 3.63) is 39.4 Å². The molecule has 0 unspecified atom stereocenters. The molecular formula is C10H9BrCl2. The maximum Gasteiger partial charge on any atom is 0.0467 e. The van der Waals surface area contributed by atoms with Crippen molar-refractivity contribution in [2.45, 2.75) is 12.3 Å². The summed E-state index contributed by atoms with van der Waals surface area (Å²) in [5, 5.41) is 2.09. The summed E-state index contributed by atoms with van der Waals surface area (Å²) in [6.07, 6.45) is 3.92. The van der Waals surface area contributed by atoms with E-state index in [0.717, 1.165) is 11.1 Å². The largest absolute Gasteiger partial charge is 0.0875 e. The monoisotopic (exact) mass is 278 g/mol. The Labute approximate surface area is 96.7 Å². The zero-order valence-electron chi connectivity index (χ0n) is 7.15. The van der Waals surface area contributed by atoms with Crippen molar-refractivity contribution >= 4 is 45.2 Å². The zero-order valence-corrected chi connectivity index (χ0v) is 10.2. The summed E-state index contributed by atoms with van der Waals surface area (Å²) < 4.78 is 0. The first kappa shape index (κ1) is 11.1. The molecule has 0 aromatic heterocycles. The molecule has 0 saturated heterocycles. The van der Waals surface area contributed by atoms with Crippen LogP contribution in [-0.2, 0) is 5.33 Å². The van der Waals surface area contributed by atoms with E-state index in [0.29, 0.717) is 15.4 Å². The second-order valence-electron chi connectivity index (χ2n) is 2.60. The Morgan fingerprint density at radius 1 is 1.31 bits per heavy atom. The lowest BCUT2D eigenvalue weighted by molar-refractivity contribution is 1.43. The minimum absolute atomic E-state index is 0.681. The minimum atomic E-state index is 0.681. The lowest BCUT2D eigenvalue weighted by atomic mass is 10.1. The molecule has 13 heavy (non-hydrogen) atoms. The van der Waals surface area contributed by atoms with Gasteiger partial charge >= 0.3 is 0 Å². The molecule has 3 heteroatoms. The Balaban J connectivity index is 3.20. The summed E-state index contributed by atoms with van der Waals surface area (Å²) in [5.41, 5.74) is 1.97. The van der Waals surface area contributed by atoms with E-state index in [1.165, 1.54) is 0 Å². The van der Waals surface area contributed by atoms with E-state index in [4.69, 9.17) is 23.2 Å². The Kier molecular flexibility index (Phi) is 4.30. The molecule has 1 aromatic carbocycles. The average molecular weight is 280 g/mol. The quantitative estimate of drug-likeness (QED) is 0.674. The second-order valence-corrected chi connectivity index (χ2v) is 3.97. The SMILES string of the molecule is C/C=C/c1cc(Cl)c(CBr)c(Cl)c1. The van der Waals surface area contributed by atoms with Crippen LogP contribution < -0.4 is 0 Å². The van der Waals surface area contributed by atoms with Crippen molar-refractivity contribution in [1.29, 1.82) is 0 Å². The molecule has 0 amide bonds. The van der Waals surface area contributed by atoms with Gasteiger partial charge in [-0.3, -0.25) is 0 Å². The first-order chi connectivity index (χ1) is 6.19. The maximum atomic E-state index is 6.02. The van der Waals surface area contributed by atoms with Crippen LogP contribution in [0, 0.1) is 0 Å². The van der Waals surface area contributed by atoms with Crippen molar-refractivity contribution < 1.29 is 0 Å². The first-order valence-electron chi connectivity index (χ1n) is 3.85. The molecule has 0 radical (unpaired) electrons. The van der Waals surface area contributed by atoms with Gasteiger partial charge in [-0.1, -0.05) is 51.3 Å². The summed E-state index contributed by atoms with van der Waals surface area (Å²) >= 11 is 15.4. The average Bonchev–Trinajstić information content (AvgIpc) is 2.04. The third-order valence-corrected chi connectivity index (χ3v) is 2.89. The van der Waals surface area contributed by atoms with Gasteiger partial charge in [0.25, 0.3) is 0 Å². The van der Waals surface area contributed by atoms with E-state index in [1.54, 1.807) is 0 Å². The second kappa shape index (κ2) is 5.04. The summed E-state index contributed by atoms with van der Waals surface area (Å²) in [7, 11) is 0. The predicted octanol–water partition coefficient (Wildman–Crippen LogP) is 4.92. The van der Waals surface area contributed by atoms with Crippen LogP contribution in [0.15, 0.2) is 18.2 Å². The number of hydrogen-bond acceptors (Lipinski definition) is 0. The lowest BCUT2D eigenvalue weighted by Gasteiger charge is -2.04. The van der Waals surface area contributed by atoms with E-state index >= 15 is 0 Å². The smallest absolute Gasteiger partial charge is 0.0467 e. The number of allylic oxidation sites excluding steroid dienone is 1. The summed E-state index contributed by atoms with van der Waals surface area (Å²) in [5.74, 6) is 0. The van der Waals surface area contributed by atoms with Gasteiger partial charge in [0, 0.05) is 15.4 Å². The normalized spacial score (nSPS) is 11.1. The summed E-state index contributed by atoms with van der Waals surface area (Å²) in [4.78, 5) is 0. The molecule has 0 aliphatic heterocycles. The van der Waals surface area contributed by atoms with E-state index in [9.17, 15) is 0 Å². The number of halogens is 3. The fourth-order valence-electron chi connectivity index (χ4n) is 1.04. The fourth-order valence-corrected chi connectivity index (χ4v) is 2.60. The highest BCUT2D eigenvalue weighted by Gasteiger charge is 2.05. The summed E-state index contributed by atoms with van der Waals surface area (Å²) in [6.45, 7) is 1.96. The Hall–Kier alpha value is 0.0200. The van der Waals surface area contributed by atoms with Crippen LogP contribution in [0.4, 0.5) is 0 Å². The molecular weight excluding hydrogens is 271 g/mol. The third-order valence-electron chi connectivity index (χ3n) is 1.66. The fraction of sp³-hybridized carbons (Fsp3) is 0.200. The van der Waals surface area contributed by atoms with Crippen molar-refractivity contribution in [2.24, 2.45) is 0 Å². The van der Waals surface area contributed by atoms with Gasteiger partial charge in [0.15, 0.2) is 0 Å². The van der Waals surface area contributed by atoms with Crippen LogP contribution in [0.25, 0.3) is 6.08 Å². The van der Waals surface area contributed by atoms with Crippen LogP contribution in [-0.4, -0.2) is 0 Å². The zero-order chi connectivity index (χ0) is 9.84. The van der Waals surface area contributed by atoms with E-state index in [2.05, 4.69) is 15.9 Å². The Morgan fingerprint density at radius 3 is 2.23 bits per heavy atom. The molecule has 0 spiro atoms. The van der Waals surface area contributed by atoms with E-state index < -0.39 is 0 Å². The van der Waals surface area contributed by atoms with Crippen LogP contribution in [0.3, 0.4) is 0 Å². The predicted molar refractivity (Wildman–Crippen MR) is 63.8 cm³/mol. The third kappa shape index (κ3) is 2.73. The van der Waals surface area contributed by atoms with Gasteiger partial charge in [0.1, 0.15) is 0 Å². The van der Waals surface area contributed by atoms with Gasteiger partial charge < -0.3 is 0 Å². The van der Waals surface area contributed by atoms with E-state index in [-0.39, 0.29) is 0 Å². The summed E-state index contributed by atoms with van der Waals surface area (Å²) in [6, 6.07) is 3.81. The Morgan fingerprint density at radius 2 is 1.85 bits per heavy atom. The van der Waals surface area contributed by atoms with Crippen molar-refractivity contribution in [3.63, 3.8) is 0 Å². The van der Waals surface area contributed by atoms with Gasteiger partial charge in [-0.2, -0.15) is 0 Å². The van der Waals surface area contributed by atoms with Crippen LogP contribution >= 0.6 is 39.1 Å². The molecule has 0 N–H and O–H groups in total. The topological polar surface area (TPSA) is 0 Å². The van der Waals surface area contributed by atoms with Gasteiger partial charge in [0.2, 0.25) is 0 Å². The molecule has 0 fully saturated rings. The molecule has 1 aromatic rings. The molecule has 70 valence electrons. The number of benzene rings is 1. The standard InChI is InChI=1S/C10H9BrCl2/c1-2-3-7-4-9(12)8(6-11)10(13)5-7/h2-5H,6H2,1H3/b3-2+. The first-order valence-corrected chi connectivity index (χ1v) is 5.73. The van der Waals surface area contributed by atoms with Gasteiger partial charge in [-0.05, 0) is 30.2 Å². The molecule has 0 atom stereocenters. The molecule has 0 nitrogen and oxygen atoms in total. The highest BCUT2D eigenvalue weighted by molar-refractivity contribution is 9.08.